The number of hydrogen-bond acceptors (Lipinski definition) is 7. The molecule has 0 unspecified atom stereocenters. The van der Waals surface area contributed by atoms with Crippen LogP contribution in [0.5, 0.6) is 5.75 Å². The number of nitriles is 1. The van der Waals surface area contributed by atoms with Crippen LogP contribution >= 0.6 is 23.1 Å². The number of ether oxygens (including phenoxy) is 1. The van der Waals surface area contributed by atoms with Crippen LogP contribution in [0.25, 0.3) is 11.4 Å². The van der Waals surface area contributed by atoms with E-state index in [9.17, 15) is 10.1 Å². The van der Waals surface area contributed by atoms with Crippen molar-refractivity contribution in [3.05, 3.63) is 52.9 Å². The molecule has 0 saturated carbocycles. The molecule has 0 fully saturated rings. The zero-order valence-electron chi connectivity index (χ0n) is 21.1. The Balaban J connectivity index is 1.46. The Kier molecular flexibility index (Phi) is 7.86. The van der Waals surface area contributed by atoms with Gasteiger partial charge in [0.2, 0.25) is 5.91 Å². The van der Waals surface area contributed by atoms with Gasteiger partial charge in [-0.25, -0.2) is 0 Å². The number of thioether (sulfide) groups is 1. The van der Waals surface area contributed by atoms with Gasteiger partial charge in [-0.2, -0.15) is 5.26 Å². The Morgan fingerprint density at radius 2 is 2.11 bits per heavy atom. The van der Waals surface area contributed by atoms with Crippen molar-refractivity contribution in [1.29, 1.82) is 5.26 Å². The van der Waals surface area contributed by atoms with E-state index in [1.54, 1.807) is 24.5 Å². The van der Waals surface area contributed by atoms with Gasteiger partial charge < -0.3 is 10.1 Å². The first-order valence-corrected chi connectivity index (χ1v) is 13.7. The van der Waals surface area contributed by atoms with Crippen LogP contribution in [0.1, 0.15) is 43.2 Å². The van der Waals surface area contributed by atoms with E-state index >= 15 is 0 Å². The third-order valence-corrected chi connectivity index (χ3v) is 8.70. The fourth-order valence-electron chi connectivity index (χ4n) is 4.47. The molecule has 1 aliphatic carbocycles. The molecule has 3 aromatic rings. The van der Waals surface area contributed by atoms with Crippen molar-refractivity contribution in [3.63, 3.8) is 0 Å². The molecule has 1 atom stereocenters. The summed E-state index contributed by atoms with van der Waals surface area (Å²) in [4.78, 5) is 14.1. The number of benzene rings is 1. The fraction of sp³-hybridized carbons (Fsp3) is 0.407. The standard InChI is InChI=1S/C27H31N5O2S2/c1-6-13-32-24(17-7-10-19(34-5)11-8-17)30-31-26(32)35-16-23(33)29-25-21(15-28)20-12-9-18(27(2,3)4)14-22(20)36-25/h6-8,10-11,18H,1,9,12-14,16H2,2-5H3,(H,29,33)/t18-/m1/s1. The minimum atomic E-state index is -0.165. The third kappa shape index (κ3) is 5.50. The second-order valence-corrected chi connectivity index (χ2v) is 11.9. The van der Waals surface area contributed by atoms with Crippen molar-refractivity contribution >= 4 is 34.0 Å². The van der Waals surface area contributed by atoms with Gasteiger partial charge >= 0.3 is 0 Å². The highest BCUT2D eigenvalue weighted by atomic mass is 32.2. The summed E-state index contributed by atoms with van der Waals surface area (Å²) in [5.74, 6) is 2.04. The Labute approximate surface area is 220 Å². The number of carbonyl (C=O) groups excluding carboxylic acids is 1. The zero-order chi connectivity index (χ0) is 25.9. The largest absolute Gasteiger partial charge is 0.497 e. The van der Waals surface area contributed by atoms with Gasteiger partial charge in [0.05, 0.1) is 18.4 Å². The molecule has 0 radical (unpaired) electrons. The van der Waals surface area contributed by atoms with Crippen LogP contribution in [-0.4, -0.2) is 33.5 Å². The number of nitrogens with one attached hydrogen (secondary N) is 1. The molecule has 36 heavy (non-hydrogen) atoms. The predicted molar refractivity (Wildman–Crippen MR) is 146 cm³/mol. The van der Waals surface area contributed by atoms with Gasteiger partial charge in [0.25, 0.3) is 0 Å². The van der Waals surface area contributed by atoms with Gasteiger partial charge in [-0.05, 0) is 60.4 Å². The maximum Gasteiger partial charge on any atom is 0.235 e. The first kappa shape index (κ1) is 26.0. The lowest BCUT2D eigenvalue weighted by atomic mass is 9.72. The Morgan fingerprint density at radius 3 is 2.75 bits per heavy atom. The monoisotopic (exact) mass is 521 g/mol. The van der Waals surface area contributed by atoms with E-state index in [1.807, 2.05) is 28.8 Å². The van der Waals surface area contributed by atoms with Crippen molar-refractivity contribution in [2.45, 2.75) is 51.7 Å². The number of methoxy groups -OCH3 is 1. The molecule has 0 aliphatic heterocycles. The number of hydrogen-bond donors (Lipinski definition) is 1. The summed E-state index contributed by atoms with van der Waals surface area (Å²) in [6.45, 7) is 11.2. The molecule has 1 N–H and O–H groups in total. The number of carbonyl (C=O) groups is 1. The second kappa shape index (κ2) is 10.9. The minimum Gasteiger partial charge on any atom is -0.497 e. The summed E-state index contributed by atoms with van der Waals surface area (Å²) >= 11 is 2.87. The van der Waals surface area contributed by atoms with Crippen LogP contribution in [0.2, 0.25) is 0 Å². The number of amides is 1. The van der Waals surface area contributed by atoms with Crippen LogP contribution in [0.4, 0.5) is 5.00 Å². The van der Waals surface area contributed by atoms with Gasteiger partial charge in [-0.15, -0.1) is 28.1 Å². The quantitative estimate of drug-likeness (QED) is 0.291. The van der Waals surface area contributed by atoms with Gasteiger partial charge in [-0.1, -0.05) is 38.6 Å². The molecule has 1 amide bonds. The summed E-state index contributed by atoms with van der Waals surface area (Å²) < 4.78 is 7.17. The minimum absolute atomic E-state index is 0.163. The summed E-state index contributed by atoms with van der Waals surface area (Å²) in [6, 6.07) is 9.94. The topological polar surface area (TPSA) is 92.8 Å². The lowest BCUT2D eigenvalue weighted by molar-refractivity contribution is -0.113. The predicted octanol–water partition coefficient (Wildman–Crippen LogP) is 5.95. The normalized spacial score (nSPS) is 15.1. The molecule has 7 nitrogen and oxygen atoms in total. The molecule has 9 heteroatoms. The molecular weight excluding hydrogens is 490 g/mol. The highest BCUT2D eigenvalue weighted by molar-refractivity contribution is 7.99. The average molecular weight is 522 g/mol. The average Bonchev–Trinajstić information content (AvgIpc) is 3.42. The van der Waals surface area contributed by atoms with E-state index in [4.69, 9.17) is 4.74 Å². The van der Waals surface area contributed by atoms with E-state index in [1.165, 1.54) is 16.6 Å². The number of fused-ring (bicyclic) bond motifs is 1. The summed E-state index contributed by atoms with van der Waals surface area (Å²) in [5.41, 5.74) is 2.86. The molecule has 0 saturated heterocycles. The van der Waals surface area contributed by atoms with Crippen molar-refractivity contribution in [1.82, 2.24) is 14.8 Å². The van der Waals surface area contributed by atoms with Crippen molar-refractivity contribution < 1.29 is 9.53 Å². The summed E-state index contributed by atoms with van der Waals surface area (Å²) in [7, 11) is 1.63. The maximum absolute atomic E-state index is 12.9. The third-order valence-electron chi connectivity index (χ3n) is 6.56. The Hall–Kier alpha value is -3.09. The summed E-state index contributed by atoms with van der Waals surface area (Å²) in [5, 5.41) is 22.8. The smallest absolute Gasteiger partial charge is 0.235 e. The fourth-order valence-corrected chi connectivity index (χ4v) is 6.51. The van der Waals surface area contributed by atoms with Gasteiger partial charge in [0.15, 0.2) is 11.0 Å². The molecule has 0 bridgehead atoms. The lowest BCUT2D eigenvalue weighted by Crippen LogP contribution is -2.26. The second-order valence-electron chi connectivity index (χ2n) is 9.90. The Morgan fingerprint density at radius 1 is 1.36 bits per heavy atom. The van der Waals surface area contributed by atoms with Gasteiger partial charge in [0.1, 0.15) is 16.8 Å². The number of thiophene rings is 1. The number of nitrogens with zero attached hydrogens (tertiary/aromatic N) is 4. The Bertz CT molecular complexity index is 1300. The number of anilines is 1. The molecule has 188 valence electrons. The van der Waals surface area contributed by atoms with Crippen LogP contribution in [0.3, 0.4) is 0 Å². The molecule has 2 heterocycles. The van der Waals surface area contributed by atoms with E-state index < -0.39 is 0 Å². The van der Waals surface area contributed by atoms with Gasteiger partial charge in [0, 0.05) is 17.0 Å². The highest BCUT2D eigenvalue weighted by Crippen LogP contribution is 2.44. The van der Waals surface area contributed by atoms with E-state index in [0.717, 1.165) is 36.1 Å². The number of allylic oxidation sites excluding steroid dienone is 1. The van der Waals surface area contributed by atoms with Crippen molar-refractivity contribution in [2.24, 2.45) is 11.3 Å². The van der Waals surface area contributed by atoms with Crippen LogP contribution < -0.4 is 10.1 Å². The molecule has 1 aliphatic rings. The summed E-state index contributed by atoms with van der Waals surface area (Å²) in [6.07, 6.45) is 4.70. The molecule has 2 aromatic heterocycles. The van der Waals surface area contributed by atoms with Crippen LogP contribution in [0, 0.1) is 22.7 Å². The number of rotatable bonds is 8. The highest BCUT2D eigenvalue weighted by Gasteiger charge is 2.32. The van der Waals surface area contributed by atoms with E-state index in [0.29, 0.717) is 34.0 Å². The molecule has 1 aromatic carbocycles. The van der Waals surface area contributed by atoms with Crippen molar-refractivity contribution in [2.75, 3.05) is 18.2 Å². The maximum atomic E-state index is 12.9. The van der Waals surface area contributed by atoms with Crippen LogP contribution in [0.15, 0.2) is 42.1 Å². The van der Waals surface area contributed by atoms with E-state index in [-0.39, 0.29) is 17.1 Å². The first-order valence-electron chi connectivity index (χ1n) is 11.9. The molecule has 0 spiro atoms. The number of aromatic nitrogens is 3. The first-order chi connectivity index (χ1) is 17.2. The molecule has 4 rings (SSSR count). The van der Waals surface area contributed by atoms with E-state index in [2.05, 4.69) is 48.9 Å². The SMILES string of the molecule is C=CCn1c(SCC(=O)Nc2sc3c(c2C#N)CC[C@@H](C(C)(C)C)C3)nnc1-c1ccc(OC)cc1. The lowest BCUT2D eigenvalue weighted by Gasteiger charge is -2.33. The van der Waals surface area contributed by atoms with Crippen LogP contribution in [-0.2, 0) is 24.2 Å². The molecular formula is C27H31N5O2S2. The zero-order valence-corrected chi connectivity index (χ0v) is 22.8. The van der Waals surface area contributed by atoms with Gasteiger partial charge in [-0.3, -0.25) is 9.36 Å². The van der Waals surface area contributed by atoms with Crippen molar-refractivity contribution in [3.8, 4) is 23.2 Å².